The number of carbonyl (C=O) groups is 2. The predicted octanol–water partition coefficient (Wildman–Crippen LogP) is 4.07. The van der Waals surface area contributed by atoms with Crippen LogP contribution < -0.4 is 20.5 Å². The van der Waals surface area contributed by atoms with E-state index in [1.54, 1.807) is 18.2 Å². The van der Waals surface area contributed by atoms with Crippen LogP contribution in [0.1, 0.15) is 38.2 Å². The molecule has 0 aromatic heterocycles. The Hall–Kier alpha value is -4.85. The van der Waals surface area contributed by atoms with E-state index in [4.69, 9.17) is 19.9 Å². The van der Waals surface area contributed by atoms with Crippen molar-refractivity contribution in [1.29, 1.82) is 5.26 Å². The zero-order chi connectivity index (χ0) is 27.6. The molecule has 0 saturated heterocycles. The Morgan fingerprint density at radius 1 is 1.24 bits per heavy atom. The molecule has 1 atom stereocenters. The number of benzene rings is 2. The number of nitrogens with one attached hydrogen (secondary N) is 1. The second kappa shape index (κ2) is 10.3. The van der Waals surface area contributed by atoms with Crippen LogP contribution in [0.5, 0.6) is 11.5 Å². The van der Waals surface area contributed by atoms with Crippen LogP contribution in [0.4, 0.5) is 11.4 Å². The van der Waals surface area contributed by atoms with Gasteiger partial charge in [0.15, 0.2) is 23.9 Å². The van der Waals surface area contributed by atoms with Gasteiger partial charge in [-0.25, -0.2) is 0 Å². The molecule has 196 valence electrons. The number of non-ortho nitro benzene ring substituents is 1. The molecule has 4 rings (SSSR count). The summed E-state index contributed by atoms with van der Waals surface area (Å²) in [6.07, 6.45) is 0.818. The first kappa shape index (κ1) is 26.2. The van der Waals surface area contributed by atoms with Crippen LogP contribution >= 0.6 is 0 Å². The lowest BCUT2D eigenvalue weighted by molar-refractivity contribution is -0.384. The van der Waals surface area contributed by atoms with Crippen molar-refractivity contribution in [3.63, 3.8) is 0 Å². The van der Waals surface area contributed by atoms with Gasteiger partial charge in [-0.15, -0.1) is 0 Å². The zero-order valence-corrected chi connectivity index (χ0v) is 21.1. The average Bonchev–Trinajstić information content (AvgIpc) is 2.86. The Balaban J connectivity index is 1.55. The Morgan fingerprint density at radius 2 is 1.95 bits per heavy atom. The minimum atomic E-state index is -0.722. The number of nitrogens with zero attached hydrogens (tertiary/aromatic N) is 2. The van der Waals surface area contributed by atoms with Crippen molar-refractivity contribution < 1.29 is 28.7 Å². The van der Waals surface area contributed by atoms with Gasteiger partial charge in [0.25, 0.3) is 11.6 Å². The summed E-state index contributed by atoms with van der Waals surface area (Å²) >= 11 is 0. The third kappa shape index (κ3) is 5.29. The molecule has 11 heteroatoms. The standard InChI is InChI=1S/C27H26N4O7/c1-27(2)11-19(32)25-22(12-27)38-26(29)18(13-28)24(25)15-4-9-20(21(10-15)36-3)37-14-23(33)30-16-5-7-17(8-6-16)31(34)35/h4-10,24H,11-12,14,29H2,1-3H3,(H,30,33)/t24-/m0/s1. The van der Waals surface area contributed by atoms with Gasteiger partial charge in [0, 0.05) is 36.2 Å². The highest BCUT2D eigenvalue weighted by Gasteiger charge is 2.43. The molecule has 0 unspecified atom stereocenters. The Morgan fingerprint density at radius 3 is 2.58 bits per heavy atom. The number of rotatable bonds is 7. The summed E-state index contributed by atoms with van der Waals surface area (Å²) in [5, 5.41) is 23.2. The van der Waals surface area contributed by atoms with Crippen molar-refractivity contribution in [3.8, 4) is 17.6 Å². The van der Waals surface area contributed by atoms with Gasteiger partial charge in [0.2, 0.25) is 5.88 Å². The van der Waals surface area contributed by atoms with E-state index in [1.807, 2.05) is 13.8 Å². The van der Waals surface area contributed by atoms with E-state index in [0.717, 1.165) is 0 Å². The number of hydrogen-bond donors (Lipinski definition) is 2. The van der Waals surface area contributed by atoms with Crippen LogP contribution in [-0.4, -0.2) is 30.3 Å². The monoisotopic (exact) mass is 518 g/mol. The third-order valence-corrected chi connectivity index (χ3v) is 6.32. The number of ketones is 1. The van der Waals surface area contributed by atoms with Gasteiger partial charge in [-0.05, 0) is 35.2 Å². The maximum atomic E-state index is 13.2. The minimum absolute atomic E-state index is 0.0380. The van der Waals surface area contributed by atoms with E-state index in [0.29, 0.717) is 41.2 Å². The topological polar surface area (TPSA) is 167 Å². The summed E-state index contributed by atoms with van der Waals surface area (Å²) in [7, 11) is 1.43. The molecule has 3 N–H and O–H groups in total. The maximum Gasteiger partial charge on any atom is 0.269 e. The number of nitriles is 1. The Bertz CT molecular complexity index is 1420. The highest BCUT2D eigenvalue weighted by molar-refractivity contribution is 6.00. The molecule has 2 aromatic rings. The zero-order valence-electron chi connectivity index (χ0n) is 21.1. The summed E-state index contributed by atoms with van der Waals surface area (Å²) in [5.74, 6) is -0.327. The molecule has 0 saturated carbocycles. The van der Waals surface area contributed by atoms with Crippen molar-refractivity contribution in [3.05, 3.63) is 80.9 Å². The van der Waals surface area contributed by atoms with Gasteiger partial charge < -0.3 is 25.3 Å². The molecule has 0 radical (unpaired) electrons. The number of anilines is 1. The number of hydrogen-bond acceptors (Lipinski definition) is 9. The fourth-order valence-corrected chi connectivity index (χ4v) is 4.61. The van der Waals surface area contributed by atoms with Crippen molar-refractivity contribution in [2.75, 3.05) is 19.0 Å². The lowest BCUT2D eigenvalue weighted by Crippen LogP contribution is -2.33. The largest absolute Gasteiger partial charge is 0.493 e. The molecular weight excluding hydrogens is 492 g/mol. The van der Waals surface area contributed by atoms with Gasteiger partial charge in [0.05, 0.1) is 18.0 Å². The van der Waals surface area contributed by atoms with Crippen LogP contribution in [-0.2, 0) is 14.3 Å². The van der Waals surface area contributed by atoms with Crippen LogP contribution in [0.2, 0.25) is 0 Å². The molecule has 0 spiro atoms. The second-order valence-electron chi connectivity index (χ2n) is 9.75. The van der Waals surface area contributed by atoms with Crippen molar-refractivity contribution in [2.24, 2.45) is 11.1 Å². The number of nitro groups is 1. The lowest BCUT2D eigenvalue weighted by atomic mass is 9.70. The van der Waals surface area contributed by atoms with Gasteiger partial charge in [-0.3, -0.25) is 19.7 Å². The van der Waals surface area contributed by atoms with E-state index in [1.165, 1.54) is 31.4 Å². The quantitative estimate of drug-likeness (QED) is 0.405. The van der Waals surface area contributed by atoms with Crippen LogP contribution in [0.15, 0.2) is 65.3 Å². The third-order valence-electron chi connectivity index (χ3n) is 6.32. The van der Waals surface area contributed by atoms with Gasteiger partial charge in [0.1, 0.15) is 17.4 Å². The van der Waals surface area contributed by atoms with Crippen LogP contribution in [0, 0.1) is 26.9 Å². The number of ether oxygens (including phenoxy) is 3. The summed E-state index contributed by atoms with van der Waals surface area (Å²) in [4.78, 5) is 35.8. The highest BCUT2D eigenvalue weighted by atomic mass is 16.6. The van der Waals surface area contributed by atoms with Crippen LogP contribution in [0.25, 0.3) is 0 Å². The van der Waals surface area contributed by atoms with Gasteiger partial charge in [-0.1, -0.05) is 19.9 Å². The molecule has 11 nitrogen and oxygen atoms in total. The number of allylic oxidation sites excluding steroid dienone is 3. The fourth-order valence-electron chi connectivity index (χ4n) is 4.61. The van der Waals surface area contributed by atoms with Crippen LogP contribution in [0.3, 0.4) is 0 Å². The molecule has 1 aliphatic carbocycles. The first-order valence-corrected chi connectivity index (χ1v) is 11.7. The molecule has 2 aromatic carbocycles. The molecule has 1 heterocycles. The smallest absolute Gasteiger partial charge is 0.269 e. The molecule has 1 aliphatic heterocycles. The number of amides is 1. The summed E-state index contributed by atoms with van der Waals surface area (Å²) in [6.45, 7) is 3.59. The first-order chi connectivity index (χ1) is 18.0. The van der Waals surface area contributed by atoms with E-state index in [-0.39, 0.29) is 40.7 Å². The SMILES string of the molecule is COc1cc([C@H]2C(C#N)=C(N)OC3=C2C(=O)CC(C)(C)C3)ccc1OCC(=O)Nc1ccc([N+](=O)[O-])cc1. The number of nitrogens with two attached hydrogens (primary N) is 1. The molecule has 1 amide bonds. The van der Waals surface area contributed by atoms with E-state index in [9.17, 15) is 25.0 Å². The van der Waals surface area contributed by atoms with E-state index in [2.05, 4.69) is 11.4 Å². The fraction of sp³-hybridized carbons (Fsp3) is 0.296. The molecule has 38 heavy (non-hydrogen) atoms. The lowest BCUT2D eigenvalue weighted by Gasteiger charge is -2.37. The number of Topliss-reactive ketones (excluding diaryl/α,β-unsaturated/α-hetero) is 1. The van der Waals surface area contributed by atoms with Crippen molar-refractivity contribution >= 4 is 23.1 Å². The molecular formula is C27H26N4O7. The Kier molecular flexibility index (Phi) is 7.08. The summed E-state index contributed by atoms with van der Waals surface area (Å²) in [5.41, 5.74) is 7.21. The molecule has 0 bridgehead atoms. The van der Waals surface area contributed by atoms with Gasteiger partial charge in [-0.2, -0.15) is 5.26 Å². The maximum absolute atomic E-state index is 13.2. The van der Waals surface area contributed by atoms with Crippen molar-refractivity contribution in [2.45, 2.75) is 32.6 Å². The minimum Gasteiger partial charge on any atom is -0.493 e. The second-order valence-corrected chi connectivity index (χ2v) is 9.75. The number of methoxy groups -OCH3 is 1. The Labute approximate surface area is 218 Å². The summed E-state index contributed by atoms with van der Waals surface area (Å²) in [6, 6.07) is 12.4. The van der Waals surface area contributed by atoms with Gasteiger partial charge >= 0.3 is 0 Å². The van der Waals surface area contributed by atoms with E-state index >= 15 is 0 Å². The molecule has 0 fully saturated rings. The van der Waals surface area contributed by atoms with Crippen molar-refractivity contribution in [1.82, 2.24) is 0 Å². The van der Waals surface area contributed by atoms with E-state index < -0.39 is 16.7 Å². The first-order valence-electron chi connectivity index (χ1n) is 11.7. The average molecular weight is 519 g/mol. The summed E-state index contributed by atoms with van der Waals surface area (Å²) < 4.78 is 16.8. The number of carbonyl (C=O) groups excluding carboxylic acids is 2. The predicted molar refractivity (Wildman–Crippen MR) is 136 cm³/mol. The normalized spacial score (nSPS) is 18.2. The highest BCUT2D eigenvalue weighted by Crippen LogP contribution is 2.48. The number of nitro benzene ring substituents is 1. The molecule has 2 aliphatic rings.